The largest absolute Gasteiger partial charge is 0.404 e. The van der Waals surface area contributed by atoms with E-state index in [-0.39, 0.29) is 0 Å². The predicted molar refractivity (Wildman–Crippen MR) is 36.0 cm³/mol. The summed E-state index contributed by atoms with van der Waals surface area (Å²) in [5.74, 6) is -8.00. The second-order valence-electron chi connectivity index (χ2n) is 2.45. The molecule has 0 aliphatic carbocycles. The fourth-order valence-corrected chi connectivity index (χ4v) is 0.890. The van der Waals surface area contributed by atoms with Gasteiger partial charge < -0.3 is 4.79 Å². The summed E-state index contributed by atoms with van der Waals surface area (Å²) in [6.45, 7) is 0. The molecule has 0 aromatic rings. The lowest BCUT2D eigenvalue weighted by atomic mass is 10.0. The Balaban J connectivity index is 4.83. The van der Waals surface area contributed by atoms with Crippen LogP contribution in [0.25, 0.3) is 0 Å². The van der Waals surface area contributed by atoms with Crippen LogP contribution in [0.4, 0.5) is 22.0 Å². The van der Waals surface area contributed by atoms with E-state index >= 15 is 0 Å². The third-order valence-corrected chi connectivity index (χ3v) is 1.45. The first-order chi connectivity index (χ1) is 6.11. The number of hydrogen-bond donors (Lipinski definition) is 0. The van der Waals surface area contributed by atoms with Gasteiger partial charge in [0.1, 0.15) is 6.29 Å². The summed E-state index contributed by atoms with van der Waals surface area (Å²) in [6.07, 6.45) is -8.16. The minimum atomic E-state index is -5.39. The summed E-state index contributed by atoms with van der Waals surface area (Å²) in [6, 6.07) is 0. The van der Waals surface area contributed by atoms with Gasteiger partial charge >= 0.3 is 6.18 Å². The molecule has 0 saturated heterocycles. The Hall–Kier alpha value is -0.720. The summed E-state index contributed by atoms with van der Waals surface area (Å²) in [4.78, 5) is 19.8. The zero-order chi connectivity index (χ0) is 11.6. The monoisotopic (exact) mass is 238 g/mol. The van der Waals surface area contributed by atoms with Gasteiger partial charge in [0.15, 0.2) is 5.92 Å². The minimum Gasteiger partial charge on any atom is -0.302 e. The van der Waals surface area contributed by atoms with E-state index in [0.717, 1.165) is 0 Å². The highest BCUT2D eigenvalue weighted by Gasteiger charge is 2.56. The summed E-state index contributed by atoms with van der Waals surface area (Å²) < 4.78 is 60.6. The second-order valence-corrected chi connectivity index (χ2v) is 2.87. The zero-order valence-corrected chi connectivity index (χ0v) is 7.20. The molecule has 0 bridgehead atoms. The van der Waals surface area contributed by atoms with Crippen molar-refractivity contribution in [1.29, 1.82) is 0 Å². The van der Waals surface area contributed by atoms with Crippen LogP contribution in [-0.2, 0) is 9.59 Å². The molecule has 0 fully saturated rings. The average molecular weight is 239 g/mol. The molecule has 0 aliphatic rings. The quantitative estimate of drug-likeness (QED) is 0.427. The lowest BCUT2D eigenvalue weighted by Crippen LogP contribution is -2.41. The molecule has 0 radical (unpaired) electrons. The van der Waals surface area contributed by atoms with Crippen molar-refractivity contribution in [2.45, 2.75) is 18.5 Å². The van der Waals surface area contributed by atoms with E-state index in [4.69, 9.17) is 0 Å². The molecule has 0 aliphatic heterocycles. The molecule has 8 heteroatoms. The van der Waals surface area contributed by atoms with E-state index in [1.54, 1.807) is 0 Å². The Labute approximate surface area is 80.0 Å². The summed E-state index contributed by atoms with van der Waals surface area (Å²) >= 11 is 4.51. The SMILES string of the molecule is O=CC(C(F)(F)F)C(F)(F)CC(=O)Cl. The standard InChI is InChI=1S/C6H4ClF5O2/c7-4(14)1-5(8,9)3(2-13)6(10,11)12/h2-3H,1H2. The second kappa shape index (κ2) is 4.20. The van der Waals surface area contributed by atoms with Crippen LogP contribution in [-0.4, -0.2) is 23.6 Å². The molecular formula is C6H4ClF5O2. The maximum atomic E-state index is 12.6. The van der Waals surface area contributed by atoms with Crippen LogP contribution in [0, 0.1) is 5.92 Å². The molecule has 0 rings (SSSR count). The third-order valence-electron chi connectivity index (χ3n) is 1.32. The average Bonchev–Trinajstić information content (AvgIpc) is 1.79. The van der Waals surface area contributed by atoms with Gasteiger partial charge in [-0.1, -0.05) is 0 Å². The molecule has 0 saturated carbocycles. The molecular weight excluding hydrogens is 235 g/mol. The normalized spacial score (nSPS) is 15.0. The molecule has 2 nitrogen and oxygen atoms in total. The van der Waals surface area contributed by atoms with E-state index in [0.29, 0.717) is 0 Å². The van der Waals surface area contributed by atoms with Gasteiger partial charge in [0.2, 0.25) is 5.24 Å². The smallest absolute Gasteiger partial charge is 0.302 e. The fourth-order valence-electron chi connectivity index (χ4n) is 0.711. The van der Waals surface area contributed by atoms with Gasteiger partial charge in [-0.3, -0.25) is 4.79 Å². The van der Waals surface area contributed by atoms with Crippen molar-refractivity contribution in [3.8, 4) is 0 Å². The zero-order valence-electron chi connectivity index (χ0n) is 6.45. The van der Waals surface area contributed by atoms with E-state index in [2.05, 4.69) is 11.6 Å². The first kappa shape index (κ1) is 13.3. The van der Waals surface area contributed by atoms with Crippen LogP contribution in [0.3, 0.4) is 0 Å². The third kappa shape index (κ3) is 3.57. The summed E-state index contributed by atoms with van der Waals surface area (Å²) in [5, 5.41) is -1.63. The molecule has 82 valence electrons. The molecule has 0 aromatic heterocycles. The van der Waals surface area contributed by atoms with Crippen molar-refractivity contribution in [1.82, 2.24) is 0 Å². The first-order valence-corrected chi connectivity index (χ1v) is 3.57. The van der Waals surface area contributed by atoms with Crippen molar-refractivity contribution in [2.75, 3.05) is 0 Å². The molecule has 1 atom stereocenters. The van der Waals surface area contributed by atoms with Crippen LogP contribution < -0.4 is 0 Å². The number of aldehydes is 1. The van der Waals surface area contributed by atoms with Crippen LogP contribution in [0.15, 0.2) is 0 Å². The highest BCUT2D eigenvalue weighted by molar-refractivity contribution is 6.63. The molecule has 1 unspecified atom stereocenters. The Bertz CT molecular complexity index is 237. The lowest BCUT2D eigenvalue weighted by Gasteiger charge is -2.22. The minimum absolute atomic E-state index is 0.945. The van der Waals surface area contributed by atoms with Crippen LogP contribution in [0.1, 0.15) is 6.42 Å². The van der Waals surface area contributed by atoms with Gasteiger partial charge in [0.25, 0.3) is 5.92 Å². The van der Waals surface area contributed by atoms with Gasteiger partial charge in [0.05, 0.1) is 6.42 Å². The first-order valence-electron chi connectivity index (χ1n) is 3.19. The molecule has 14 heavy (non-hydrogen) atoms. The van der Waals surface area contributed by atoms with Crippen LogP contribution in [0.5, 0.6) is 0 Å². The van der Waals surface area contributed by atoms with Gasteiger partial charge in [-0.2, -0.15) is 13.2 Å². The number of hydrogen-bond acceptors (Lipinski definition) is 2. The lowest BCUT2D eigenvalue weighted by molar-refractivity contribution is -0.228. The number of carbonyl (C=O) groups excluding carboxylic acids is 2. The summed E-state index contributed by atoms with van der Waals surface area (Å²) in [5.41, 5.74) is 0. The fraction of sp³-hybridized carbons (Fsp3) is 0.667. The highest BCUT2D eigenvalue weighted by Crippen LogP contribution is 2.39. The van der Waals surface area contributed by atoms with Gasteiger partial charge in [-0.15, -0.1) is 0 Å². The maximum Gasteiger partial charge on any atom is 0.404 e. The van der Waals surface area contributed by atoms with Crippen molar-refractivity contribution in [2.24, 2.45) is 5.92 Å². The maximum absolute atomic E-state index is 12.6. The molecule has 0 spiro atoms. The Morgan fingerprint density at radius 3 is 1.93 bits per heavy atom. The number of halogens is 6. The van der Waals surface area contributed by atoms with Crippen molar-refractivity contribution < 1.29 is 31.5 Å². The van der Waals surface area contributed by atoms with Gasteiger partial charge in [0, 0.05) is 0 Å². The van der Waals surface area contributed by atoms with Gasteiger partial charge in [-0.05, 0) is 11.6 Å². The van der Waals surface area contributed by atoms with E-state index in [1.165, 1.54) is 0 Å². The van der Waals surface area contributed by atoms with E-state index in [9.17, 15) is 31.5 Å². The Morgan fingerprint density at radius 2 is 1.71 bits per heavy atom. The Morgan fingerprint density at radius 1 is 1.29 bits per heavy atom. The number of alkyl halides is 5. The molecule has 0 N–H and O–H groups in total. The van der Waals surface area contributed by atoms with E-state index < -0.39 is 36.0 Å². The van der Waals surface area contributed by atoms with Crippen LogP contribution >= 0.6 is 11.6 Å². The van der Waals surface area contributed by atoms with Crippen molar-refractivity contribution in [3.05, 3.63) is 0 Å². The Kier molecular flexibility index (Phi) is 3.99. The number of rotatable bonds is 4. The summed E-state index contributed by atoms with van der Waals surface area (Å²) in [7, 11) is 0. The predicted octanol–water partition coefficient (Wildman–Crippen LogP) is 2.15. The molecule has 0 heterocycles. The van der Waals surface area contributed by atoms with Gasteiger partial charge in [-0.25, -0.2) is 8.78 Å². The van der Waals surface area contributed by atoms with E-state index in [1.807, 2.05) is 0 Å². The van der Waals surface area contributed by atoms with Crippen LogP contribution in [0.2, 0.25) is 0 Å². The molecule has 0 aromatic carbocycles. The number of carbonyl (C=O) groups is 2. The van der Waals surface area contributed by atoms with Crippen molar-refractivity contribution in [3.63, 3.8) is 0 Å². The van der Waals surface area contributed by atoms with Crippen molar-refractivity contribution >= 4 is 23.1 Å². The highest BCUT2D eigenvalue weighted by atomic mass is 35.5. The topological polar surface area (TPSA) is 34.1 Å². The molecule has 0 amide bonds.